The molecular weight excluding hydrogens is 272 g/mol. The summed E-state index contributed by atoms with van der Waals surface area (Å²) in [6, 6.07) is 5.82. The van der Waals surface area contributed by atoms with Crippen LogP contribution in [0.3, 0.4) is 0 Å². The van der Waals surface area contributed by atoms with Crippen molar-refractivity contribution in [3.63, 3.8) is 0 Å². The number of amides is 1. The predicted molar refractivity (Wildman–Crippen MR) is 79.5 cm³/mol. The Kier molecular flexibility index (Phi) is 3.64. The van der Waals surface area contributed by atoms with E-state index in [2.05, 4.69) is 14.7 Å². The molecule has 2 heterocycles. The zero-order valence-corrected chi connectivity index (χ0v) is 11.8. The fraction of sp³-hybridized carbons (Fsp3) is 0.357. The molecule has 0 atom stereocenters. The molecule has 5 nitrogen and oxygen atoms in total. The molecule has 20 heavy (non-hydrogen) atoms. The zero-order chi connectivity index (χ0) is 13.9. The molecule has 1 amide bonds. The summed E-state index contributed by atoms with van der Waals surface area (Å²) in [4.78, 5) is 16.9. The zero-order valence-electron chi connectivity index (χ0n) is 11.0. The number of nitrogens with two attached hydrogens (primary N) is 1. The highest BCUT2D eigenvalue weighted by Crippen LogP contribution is 2.29. The first kappa shape index (κ1) is 13.1. The summed E-state index contributed by atoms with van der Waals surface area (Å²) in [5, 5.41) is 3.03. The van der Waals surface area contributed by atoms with Gasteiger partial charge in [-0.25, -0.2) is 0 Å². The van der Waals surface area contributed by atoms with Gasteiger partial charge in [-0.15, -0.1) is 0 Å². The van der Waals surface area contributed by atoms with Crippen LogP contribution in [0.25, 0.3) is 11.4 Å². The normalized spacial score (nSPS) is 15.4. The summed E-state index contributed by atoms with van der Waals surface area (Å²) >= 11 is 1.14. The van der Waals surface area contributed by atoms with Crippen LogP contribution in [0.2, 0.25) is 0 Å². The lowest BCUT2D eigenvalue weighted by Crippen LogP contribution is -2.32. The molecule has 1 aliphatic rings. The third-order valence-corrected chi connectivity index (χ3v) is 4.39. The van der Waals surface area contributed by atoms with Crippen molar-refractivity contribution in [3.05, 3.63) is 29.3 Å². The Bertz CT molecular complexity index is 605. The Morgan fingerprint density at radius 3 is 2.85 bits per heavy atom. The van der Waals surface area contributed by atoms with Crippen molar-refractivity contribution in [1.29, 1.82) is 0 Å². The molecule has 6 heteroatoms. The average Bonchev–Trinajstić information content (AvgIpc) is 3.09. The first-order chi connectivity index (χ1) is 9.75. The quantitative estimate of drug-likeness (QED) is 0.909. The molecule has 0 bridgehead atoms. The van der Waals surface area contributed by atoms with E-state index in [4.69, 9.17) is 5.73 Å². The number of nitrogen functional groups attached to an aromatic ring is 1. The van der Waals surface area contributed by atoms with Crippen molar-refractivity contribution in [3.8, 4) is 11.4 Å². The SMILES string of the molecule is Nc1c(-c2ccccn2)nsc1C(=O)NC1CCCC1. The minimum absolute atomic E-state index is 0.117. The van der Waals surface area contributed by atoms with E-state index < -0.39 is 0 Å². The second-order valence-corrected chi connectivity index (χ2v) is 5.72. The molecule has 0 spiro atoms. The molecule has 0 saturated heterocycles. The van der Waals surface area contributed by atoms with Gasteiger partial charge in [0, 0.05) is 12.2 Å². The van der Waals surface area contributed by atoms with Crippen molar-refractivity contribution in [2.75, 3.05) is 5.73 Å². The van der Waals surface area contributed by atoms with E-state index in [1.54, 1.807) is 6.20 Å². The van der Waals surface area contributed by atoms with Gasteiger partial charge >= 0.3 is 0 Å². The van der Waals surface area contributed by atoms with Gasteiger partial charge in [-0.1, -0.05) is 18.9 Å². The van der Waals surface area contributed by atoms with Gasteiger partial charge < -0.3 is 11.1 Å². The van der Waals surface area contributed by atoms with Gasteiger partial charge in [-0.05, 0) is 36.5 Å². The van der Waals surface area contributed by atoms with Crippen LogP contribution < -0.4 is 11.1 Å². The highest BCUT2D eigenvalue weighted by atomic mass is 32.1. The Morgan fingerprint density at radius 1 is 1.35 bits per heavy atom. The summed E-state index contributed by atoms with van der Waals surface area (Å²) < 4.78 is 4.27. The second-order valence-electron chi connectivity index (χ2n) is 4.94. The van der Waals surface area contributed by atoms with E-state index >= 15 is 0 Å². The monoisotopic (exact) mass is 288 g/mol. The van der Waals surface area contributed by atoms with Crippen molar-refractivity contribution in [2.24, 2.45) is 0 Å². The van der Waals surface area contributed by atoms with E-state index in [1.165, 1.54) is 12.8 Å². The van der Waals surface area contributed by atoms with Gasteiger partial charge in [-0.2, -0.15) is 4.37 Å². The van der Waals surface area contributed by atoms with Crippen LogP contribution in [0.1, 0.15) is 35.4 Å². The summed E-state index contributed by atoms with van der Waals surface area (Å²) in [5.74, 6) is -0.117. The minimum Gasteiger partial charge on any atom is -0.396 e. The van der Waals surface area contributed by atoms with Crippen LogP contribution in [-0.4, -0.2) is 21.3 Å². The molecule has 2 aromatic heterocycles. The molecule has 3 rings (SSSR count). The van der Waals surface area contributed by atoms with E-state index in [9.17, 15) is 4.79 Å². The standard InChI is InChI=1S/C14H16N4OS/c15-11-12(10-7-3-4-8-16-10)18-20-13(11)14(19)17-9-5-1-2-6-9/h3-4,7-9H,1-2,5-6,15H2,(H,17,19). The van der Waals surface area contributed by atoms with Crippen LogP contribution in [0, 0.1) is 0 Å². The Hall–Kier alpha value is -1.95. The van der Waals surface area contributed by atoms with E-state index in [0.29, 0.717) is 22.0 Å². The molecule has 3 N–H and O–H groups in total. The smallest absolute Gasteiger partial charge is 0.265 e. The molecule has 0 radical (unpaired) electrons. The molecule has 2 aromatic rings. The molecule has 1 saturated carbocycles. The van der Waals surface area contributed by atoms with Crippen molar-refractivity contribution in [2.45, 2.75) is 31.7 Å². The highest BCUT2D eigenvalue weighted by Gasteiger charge is 2.23. The third-order valence-electron chi connectivity index (χ3n) is 3.53. The fourth-order valence-corrected chi connectivity index (χ4v) is 3.18. The van der Waals surface area contributed by atoms with Crippen molar-refractivity contribution >= 4 is 23.1 Å². The van der Waals surface area contributed by atoms with Crippen molar-refractivity contribution < 1.29 is 4.79 Å². The number of rotatable bonds is 3. The largest absolute Gasteiger partial charge is 0.396 e. The number of aromatic nitrogens is 2. The molecule has 1 fully saturated rings. The molecule has 104 valence electrons. The van der Waals surface area contributed by atoms with E-state index in [1.807, 2.05) is 18.2 Å². The fourth-order valence-electron chi connectivity index (χ4n) is 2.47. The van der Waals surface area contributed by atoms with Gasteiger partial charge in [0.15, 0.2) is 0 Å². The Balaban J connectivity index is 1.81. The average molecular weight is 288 g/mol. The first-order valence-electron chi connectivity index (χ1n) is 6.73. The summed E-state index contributed by atoms with van der Waals surface area (Å²) in [6.07, 6.45) is 6.16. The number of carbonyl (C=O) groups excluding carboxylic acids is 1. The number of pyridine rings is 1. The number of anilines is 1. The first-order valence-corrected chi connectivity index (χ1v) is 7.50. The van der Waals surface area contributed by atoms with Gasteiger partial charge in [0.05, 0.1) is 11.4 Å². The van der Waals surface area contributed by atoms with E-state index in [0.717, 1.165) is 24.4 Å². The molecule has 0 aliphatic heterocycles. The minimum atomic E-state index is -0.117. The van der Waals surface area contributed by atoms with Crippen molar-refractivity contribution in [1.82, 2.24) is 14.7 Å². The number of nitrogens with one attached hydrogen (secondary N) is 1. The lowest BCUT2D eigenvalue weighted by Gasteiger charge is -2.10. The van der Waals surface area contributed by atoms with Crippen LogP contribution in [0.4, 0.5) is 5.69 Å². The maximum Gasteiger partial charge on any atom is 0.265 e. The van der Waals surface area contributed by atoms with Gasteiger partial charge in [0.25, 0.3) is 5.91 Å². The Labute approximate surface area is 121 Å². The van der Waals surface area contributed by atoms with Crippen LogP contribution in [0.15, 0.2) is 24.4 Å². The third kappa shape index (κ3) is 2.51. The van der Waals surface area contributed by atoms with E-state index in [-0.39, 0.29) is 11.9 Å². The number of nitrogens with zero attached hydrogens (tertiary/aromatic N) is 2. The number of hydrogen-bond donors (Lipinski definition) is 2. The lowest BCUT2D eigenvalue weighted by molar-refractivity contribution is 0.0943. The lowest BCUT2D eigenvalue weighted by atomic mass is 10.2. The molecular formula is C14H16N4OS. The summed E-state index contributed by atoms with van der Waals surface area (Å²) in [6.45, 7) is 0. The van der Waals surface area contributed by atoms with Gasteiger partial charge in [-0.3, -0.25) is 9.78 Å². The molecule has 1 aliphatic carbocycles. The second kappa shape index (κ2) is 5.58. The number of hydrogen-bond acceptors (Lipinski definition) is 5. The molecule has 0 unspecified atom stereocenters. The van der Waals surface area contributed by atoms with Crippen LogP contribution in [0.5, 0.6) is 0 Å². The van der Waals surface area contributed by atoms with Gasteiger partial charge in [0.1, 0.15) is 10.6 Å². The maximum absolute atomic E-state index is 12.2. The van der Waals surface area contributed by atoms with Crippen LogP contribution >= 0.6 is 11.5 Å². The Morgan fingerprint density at radius 2 is 2.15 bits per heavy atom. The summed E-state index contributed by atoms with van der Waals surface area (Å²) in [5.41, 5.74) is 7.76. The maximum atomic E-state index is 12.2. The van der Waals surface area contributed by atoms with Crippen LogP contribution in [-0.2, 0) is 0 Å². The predicted octanol–water partition coefficient (Wildman–Crippen LogP) is 2.46. The molecule has 0 aromatic carbocycles. The number of carbonyl (C=O) groups is 1. The van der Waals surface area contributed by atoms with Gasteiger partial charge in [0.2, 0.25) is 0 Å². The highest BCUT2D eigenvalue weighted by molar-refractivity contribution is 7.09. The topological polar surface area (TPSA) is 80.9 Å². The summed E-state index contributed by atoms with van der Waals surface area (Å²) in [7, 11) is 0.